The Hall–Kier alpha value is 2.46. The lowest BCUT2D eigenvalue weighted by atomic mass is 10.1. The predicted molar refractivity (Wildman–Crippen MR) is 283 cm³/mol. The van der Waals surface area contributed by atoms with Gasteiger partial charge in [-0.15, -0.1) is 70.6 Å². The lowest BCUT2D eigenvalue weighted by Crippen LogP contribution is -1.93. The summed E-state index contributed by atoms with van der Waals surface area (Å²) in [5.41, 5.74) is 4.80. The van der Waals surface area contributed by atoms with Crippen LogP contribution in [0.5, 0.6) is 0 Å². The van der Waals surface area contributed by atoms with Gasteiger partial charge >= 0.3 is 0 Å². The van der Waals surface area contributed by atoms with Crippen LogP contribution in [0.4, 0.5) is 0 Å². The SMILES string of the molecule is CSC1=CS\C(=C(C(/C=C2\SC=C(SC)S2)=C2\SC=C(SC)S2)\c2ccc(C(=C3/SC=C(SC)S3)/C(/C=C3\SC=C(SC)S3)=C3\SC=C(SC)S3)o2)S1. The lowest BCUT2D eigenvalue weighted by molar-refractivity contribution is 0.541. The van der Waals surface area contributed by atoms with Crippen molar-refractivity contribution in [2.24, 2.45) is 0 Å². The number of furan rings is 1. The number of hydrogen-bond donors (Lipinski definition) is 0. The molecule has 0 radical (unpaired) electrons. The fraction of sp³-hybridized carbons (Fsp3) is 0.176. The zero-order valence-electron chi connectivity index (χ0n) is 28.5. The molecule has 0 saturated carbocycles. The van der Waals surface area contributed by atoms with Gasteiger partial charge in [-0.25, -0.2) is 0 Å². The molecule has 0 fully saturated rings. The van der Waals surface area contributed by atoms with Crippen molar-refractivity contribution >= 4 is 223 Å². The van der Waals surface area contributed by atoms with Crippen molar-refractivity contribution in [1.82, 2.24) is 0 Å². The highest BCUT2D eigenvalue weighted by atomic mass is 32.3. The molecule has 0 aromatic carbocycles. The smallest absolute Gasteiger partial charge is 0.137 e. The molecule has 7 heterocycles. The van der Waals surface area contributed by atoms with Crippen LogP contribution in [-0.4, -0.2) is 37.5 Å². The van der Waals surface area contributed by atoms with Gasteiger partial charge in [0.2, 0.25) is 0 Å². The normalized spacial score (nSPS) is 25.6. The number of allylic oxidation sites excluding steroid dienone is 6. The van der Waals surface area contributed by atoms with Gasteiger partial charge in [0.05, 0.1) is 50.8 Å². The summed E-state index contributed by atoms with van der Waals surface area (Å²) in [7, 11) is 0. The zero-order valence-corrected chi connectivity index (χ0v) is 43.2. The van der Waals surface area contributed by atoms with Gasteiger partial charge in [0.1, 0.15) is 11.5 Å². The molecule has 0 bridgehead atoms. The summed E-state index contributed by atoms with van der Waals surface area (Å²) in [5.74, 6) is 1.81. The summed E-state index contributed by atoms with van der Waals surface area (Å²) in [5, 5.41) is 13.7. The summed E-state index contributed by atoms with van der Waals surface area (Å²) in [6.07, 6.45) is 17.8. The van der Waals surface area contributed by atoms with E-state index in [-0.39, 0.29) is 0 Å². The fourth-order valence-electron chi connectivity index (χ4n) is 4.59. The van der Waals surface area contributed by atoms with E-state index in [4.69, 9.17) is 4.42 Å². The van der Waals surface area contributed by atoms with Gasteiger partial charge in [0.15, 0.2) is 0 Å². The largest absolute Gasteiger partial charge is 0.456 e. The minimum absolute atomic E-state index is 0.904. The Morgan fingerprint density at radius 3 is 1.04 bits per heavy atom. The molecule has 278 valence electrons. The Morgan fingerprint density at radius 1 is 0.415 bits per heavy atom. The highest BCUT2D eigenvalue weighted by Gasteiger charge is 2.31. The Bertz CT molecular complexity index is 1900. The monoisotopic (exact) mass is 1030 g/mol. The van der Waals surface area contributed by atoms with Crippen LogP contribution < -0.4 is 0 Å². The van der Waals surface area contributed by atoms with E-state index >= 15 is 0 Å². The number of hydrogen-bond acceptors (Lipinski definition) is 19. The molecule has 1 aromatic heterocycles. The van der Waals surface area contributed by atoms with Crippen molar-refractivity contribution in [2.75, 3.05) is 37.5 Å². The summed E-state index contributed by atoms with van der Waals surface area (Å²) in [6.45, 7) is 0. The van der Waals surface area contributed by atoms with E-state index in [2.05, 4.69) is 94.3 Å². The molecular weight excluding hydrogens is 1000 g/mol. The quantitative estimate of drug-likeness (QED) is 0.197. The van der Waals surface area contributed by atoms with Crippen LogP contribution in [0.15, 0.2) is 123 Å². The second-order valence-corrected chi connectivity index (χ2v) is 29.9. The van der Waals surface area contributed by atoms with Crippen LogP contribution >= 0.6 is 212 Å². The molecule has 0 unspecified atom stereocenters. The first-order chi connectivity index (χ1) is 25.9. The minimum Gasteiger partial charge on any atom is -0.456 e. The molecule has 0 saturated heterocycles. The Labute approximate surface area is 389 Å². The van der Waals surface area contributed by atoms with Crippen LogP contribution in [0.2, 0.25) is 0 Å². The Balaban J connectivity index is 1.38. The molecule has 6 aliphatic heterocycles. The minimum atomic E-state index is 0.904. The van der Waals surface area contributed by atoms with Gasteiger partial charge in [-0.2, -0.15) is 0 Å². The maximum absolute atomic E-state index is 7.27. The molecule has 1 aromatic rings. The summed E-state index contributed by atoms with van der Waals surface area (Å²) in [4.78, 5) is 0. The third-order valence-corrected chi connectivity index (χ3v) is 28.3. The van der Waals surface area contributed by atoms with E-state index in [9.17, 15) is 0 Å². The third kappa shape index (κ3) is 10.9. The third-order valence-electron chi connectivity index (χ3n) is 6.98. The maximum Gasteiger partial charge on any atom is 0.137 e. The second kappa shape index (κ2) is 21.3. The first kappa shape index (κ1) is 43.5. The van der Waals surface area contributed by atoms with Gasteiger partial charge in [0.25, 0.3) is 0 Å². The number of thioether (sulfide) groups is 18. The first-order valence-electron chi connectivity index (χ1n) is 15.0. The summed E-state index contributed by atoms with van der Waals surface area (Å²) >= 11 is 33.0. The van der Waals surface area contributed by atoms with E-state index in [1.807, 2.05) is 212 Å². The van der Waals surface area contributed by atoms with E-state index in [0.717, 1.165) is 11.5 Å². The van der Waals surface area contributed by atoms with Gasteiger partial charge in [0, 0.05) is 22.3 Å². The molecule has 6 aliphatic rings. The van der Waals surface area contributed by atoms with Crippen molar-refractivity contribution in [3.63, 3.8) is 0 Å². The van der Waals surface area contributed by atoms with Crippen LogP contribution in [0.3, 0.4) is 0 Å². The maximum atomic E-state index is 7.27. The predicted octanol–water partition coefficient (Wildman–Crippen LogP) is 18.6. The van der Waals surface area contributed by atoms with E-state index in [1.165, 1.54) is 73.1 Å². The van der Waals surface area contributed by atoms with Crippen LogP contribution in [0.1, 0.15) is 11.5 Å². The van der Waals surface area contributed by atoms with E-state index < -0.39 is 0 Å². The molecule has 0 spiro atoms. The Morgan fingerprint density at radius 2 is 0.717 bits per heavy atom. The van der Waals surface area contributed by atoms with Gasteiger partial charge in [-0.05, 0) is 94.3 Å². The van der Waals surface area contributed by atoms with Crippen LogP contribution in [0.25, 0.3) is 11.1 Å². The average molecular weight is 1030 g/mol. The molecule has 0 atom stereocenters. The first-order valence-corrected chi connectivity index (χ1v) is 32.5. The zero-order chi connectivity index (χ0) is 36.9. The Kier molecular flexibility index (Phi) is 17.5. The van der Waals surface area contributed by atoms with Crippen molar-refractivity contribution in [3.8, 4) is 0 Å². The average Bonchev–Trinajstić information content (AvgIpc) is 4.04. The lowest BCUT2D eigenvalue weighted by Gasteiger charge is -2.16. The van der Waals surface area contributed by atoms with Crippen molar-refractivity contribution in [1.29, 1.82) is 0 Å². The van der Waals surface area contributed by atoms with E-state index in [0.29, 0.717) is 0 Å². The summed E-state index contributed by atoms with van der Waals surface area (Å²) < 4.78 is 22.9. The fourth-order valence-corrected chi connectivity index (χ4v) is 23.4. The van der Waals surface area contributed by atoms with Crippen LogP contribution in [-0.2, 0) is 0 Å². The number of rotatable bonds is 12. The summed E-state index contributed by atoms with van der Waals surface area (Å²) in [6, 6.07) is 4.44. The molecule has 19 heteroatoms. The van der Waals surface area contributed by atoms with Gasteiger partial charge in [-0.3, -0.25) is 0 Å². The van der Waals surface area contributed by atoms with Crippen LogP contribution in [0, 0.1) is 0 Å². The highest BCUT2D eigenvalue weighted by Crippen LogP contribution is 2.61. The van der Waals surface area contributed by atoms with E-state index in [1.54, 1.807) is 0 Å². The van der Waals surface area contributed by atoms with Gasteiger partial charge < -0.3 is 4.42 Å². The molecular formula is C34H28OS18. The van der Waals surface area contributed by atoms with Gasteiger partial charge in [-0.1, -0.05) is 141 Å². The van der Waals surface area contributed by atoms with Crippen molar-refractivity contribution in [3.05, 3.63) is 130 Å². The molecule has 0 N–H and O–H groups in total. The molecule has 1 nitrogen and oxygen atoms in total. The molecule has 0 aliphatic carbocycles. The van der Waals surface area contributed by atoms with Crippen molar-refractivity contribution in [2.45, 2.75) is 0 Å². The highest BCUT2D eigenvalue weighted by molar-refractivity contribution is 8.38. The topological polar surface area (TPSA) is 13.1 Å². The standard InChI is InChI=1S/C34H28OS18/c1-36-23-11-42-21(48-23)9-17(31-44-13-25(38-3)50-31)29(33-46-15-27(40-5)52-33)19-7-8-20(35-19)30(34-47-16-28(41-6)53-34)18(32-45-14-26(39-4)51-32)10-22-43-12-24(37-2)49-22/h7-16H,1-6H3/b21-9+,22-10+,31-17+,32-18+,33-29-,34-30-. The molecule has 7 rings (SSSR count). The second-order valence-electron chi connectivity index (χ2n) is 9.98. The molecule has 53 heavy (non-hydrogen) atoms. The molecule has 0 amide bonds. The van der Waals surface area contributed by atoms with Crippen molar-refractivity contribution < 1.29 is 4.42 Å².